The van der Waals surface area contributed by atoms with Gasteiger partial charge in [0.1, 0.15) is 5.82 Å². The Kier molecular flexibility index (Phi) is 4.65. The van der Waals surface area contributed by atoms with E-state index < -0.39 is 9.85 Å². The summed E-state index contributed by atoms with van der Waals surface area (Å²) in [6, 6.07) is 9.00. The van der Waals surface area contributed by atoms with Gasteiger partial charge in [-0.2, -0.15) is 4.98 Å². The maximum atomic E-state index is 12.9. The van der Waals surface area contributed by atoms with Crippen molar-refractivity contribution in [2.75, 3.05) is 0 Å². The van der Waals surface area contributed by atoms with Crippen LogP contribution in [0.25, 0.3) is 11.4 Å². The molecule has 0 radical (unpaired) electrons. The van der Waals surface area contributed by atoms with Gasteiger partial charge in [0, 0.05) is 24.1 Å². The summed E-state index contributed by atoms with van der Waals surface area (Å²) in [7, 11) is 0. The Morgan fingerprint density at radius 1 is 0.962 bits per heavy atom. The van der Waals surface area contributed by atoms with Gasteiger partial charge in [-0.1, -0.05) is 5.16 Å². The predicted molar refractivity (Wildman–Crippen MR) is 86.9 cm³/mol. The zero-order valence-electron chi connectivity index (χ0n) is 13.2. The number of aryl methyl sites for hydroxylation is 2. The average molecular weight is 358 g/mol. The molecular weight excluding hydrogens is 347 g/mol. The quantitative estimate of drug-likeness (QED) is 0.488. The topological polar surface area (TPSA) is 125 Å². The Bertz CT molecular complexity index is 939. The standard InChI is InChI=1S/C16H11FN4O5/c17-12-4-2-11(3-5-12)16-18-15(26-19-16)6-1-10-7-13(20(22)23)9-14(8-10)21(24)25/h2-5,7-9H,1,6H2. The molecule has 0 aliphatic carbocycles. The van der Waals surface area contributed by atoms with Gasteiger partial charge in [-0.05, 0) is 36.2 Å². The van der Waals surface area contributed by atoms with Crippen LogP contribution in [-0.2, 0) is 12.8 Å². The number of hydrogen-bond donors (Lipinski definition) is 0. The van der Waals surface area contributed by atoms with Gasteiger partial charge in [-0.15, -0.1) is 0 Å². The van der Waals surface area contributed by atoms with Crippen molar-refractivity contribution in [3.05, 3.63) is 80.0 Å². The van der Waals surface area contributed by atoms with Gasteiger partial charge in [0.05, 0.1) is 15.9 Å². The Morgan fingerprint density at radius 3 is 2.15 bits per heavy atom. The third-order valence-electron chi connectivity index (χ3n) is 3.58. The maximum Gasteiger partial charge on any atom is 0.276 e. The highest BCUT2D eigenvalue weighted by Crippen LogP contribution is 2.24. The van der Waals surface area contributed by atoms with Gasteiger partial charge in [0.25, 0.3) is 11.4 Å². The lowest BCUT2D eigenvalue weighted by molar-refractivity contribution is -0.394. The molecule has 0 spiro atoms. The lowest BCUT2D eigenvalue weighted by Crippen LogP contribution is -1.97. The highest BCUT2D eigenvalue weighted by molar-refractivity contribution is 5.53. The van der Waals surface area contributed by atoms with Crippen LogP contribution in [0.1, 0.15) is 11.5 Å². The number of non-ortho nitro benzene ring substituents is 2. The van der Waals surface area contributed by atoms with E-state index in [-0.39, 0.29) is 41.7 Å². The highest BCUT2D eigenvalue weighted by atomic mass is 19.1. The van der Waals surface area contributed by atoms with Crippen LogP contribution >= 0.6 is 0 Å². The fourth-order valence-electron chi connectivity index (χ4n) is 2.34. The SMILES string of the molecule is O=[N+]([O-])c1cc(CCc2nc(-c3ccc(F)cc3)no2)cc([N+](=O)[O-])c1. The molecule has 0 saturated heterocycles. The van der Waals surface area contributed by atoms with E-state index in [1.165, 1.54) is 36.4 Å². The molecule has 0 saturated carbocycles. The summed E-state index contributed by atoms with van der Waals surface area (Å²) in [5.74, 6) is 0.160. The Balaban J connectivity index is 1.76. The smallest absolute Gasteiger partial charge is 0.276 e. The average Bonchev–Trinajstić information content (AvgIpc) is 3.09. The summed E-state index contributed by atoms with van der Waals surface area (Å²) in [6.45, 7) is 0. The van der Waals surface area contributed by atoms with Gasteiger partial charge in [-0.3, -0.25) is 20.2 Å². The molecule has 10 heteroatoms. The zero-order chi connectivity index (χ0) is 18.7. The Morgan fingerprint density at radius 2 is 1.58 bits per heavy atom. The monoisotopic (exact) mass is 358 g/mol. The van der Waals surface area contributed by atoms with E-state index in [1.54, 1.807) is 0 Å². The third-order valence-corrected chi connectivity index (χ3v) is 3.58. The number of hydrogen-bond acceptors (Lipinski definition) is 7. The summed E-state index contributed by atoms with van der Waals surface area (Å²) in [6.07, 6.45) is 0.486. The van der Waals surface area contributed by atoms with E-state index in [0.717, 1.165) is 6.07 Å². The second-order valence-corrected chi connectivity index (χ2v) is 5.39. The van der Waals surface area contributed by atoms with E-state index in [2.05, 4.69) is 10.1 Å². The summed E-state index contributed by atoms with van der Waals surface area (Å²) in [5, 5.41) is 25.6. The number of benzene rings is 2. The molecule has 0 amide bonds. The Hall–Kier alpha value is -3.69. The summed E-state index contributed by atoms with van der Waals surface area (Å²) >= 11 is 0. The number of nitrogens with zero attached hydrogens (tertiary/aromatic N) is 4. The van der Waals surface area contributed by atoms with E-state index in [9.17, 15) is 24.6 Å². The van der Waals surface area contributed by atoms with Crippen LogP contribution in [0.15, 0.2) is 47.0 Å². The molecule has 132 valence electrons. The molecule has 0 unspecified atom stereocenters. The number of nitro groups is 2. The number of rotatable bonds is 6. The molecular formula is C16H11FN4O5. The molecule has 1 aromatic heterocycles. The summed E-state index contributed by atoms with van der Waals surface area (Å²) in [5.41, 5.74) is 0.276. The summed E-state index contributed by atoms with van der Waals surface area (Å²) < 4.78 is 18.0. The zero-order valence-corrected chi connectivity index (χ0v) is 13.2. The first kappa shape index (κ1) is 17.1. The van der Waals surface area contributed by atoms with Crippen LogP contribution < -0.4 is 0 Å². The van der Waals surface area contributed by atoms with Gasteiger partial charge in [-0.25, -0.2) is 4.39 Å². The van der Waals surface area contributed by atoms with Crippen molar-refractivity contribution >= 4 is 11.4 Å². The van der Waals surface area contributed by atoms with Crippen LogP contribution in [0.4, 0.5) is 15.8 Å². The predicted octanol–water partition coefficient (Wildman–Crippen LogP) is 3.48. The lowest BCUT2D eigenvalue weighted by Gasteiger charge is -2.00. The van der Waals surface area contributed by atoms with Crippen LogP contribution in [0, 0.1) is 26.0 Å². The van der Waals surface area contributed by atoms with Gasteiger partial charge >= 0.3 is 0 Å². The minimum absolute atomic E-state index is 0.243. The molecule has 9 nitrogen and oxygen atoms in total. The highest BCUT2D eigenvalue weighted by Gasteiger charge is 2.17. The molecule has 0 aliphatic rings. The molecule has 1 heterocycles. The molecule has 3 aromatic rings. The van der Waals surface area contributed by atoms with Gasteiger partial charge in [0.15, 0.2) is 0 Å². The molecule has 26 heavy (non-hydrogen) atoms. The van der Waals surface area contributed by atoms with Crippen molar-refractivity contribution in [1.82, 2.24) is 10.1 Å². The first-order chi connectivity index (χ1) is 12.4. The second-order valence-electron chi connectivity index (χ2n) is 5.39. The van der Waals surface area contributed by atoms with Crippen molar-refractivity contribution in [2.45, 2.75) is 12.8 Å². The van der Waals surface area contributed by atoms with Gasteiger partial charge < -0.3 is 4.52 Å². The van der Waals surface area contributed by atoms with Crippen LogP contribution in [0.5, 0.6) is 0 Å². The van der Waals surface area contributed by atoms with Crippen molar-refractivity contribution in [2.24, 2.45) is 0 Å². The number of nitro benzene ring substituents is 2. The van der Waals surface area contributed by atoms with E-state index in [0.29, 0.717) is 11.1 Å². The largest absolute Gasteiger partial charge is 0.339 e. The maximum absolute atomic E-state index is 12.9. The molecule has 0 atom stereocenters. The van der Waals surface area contributed by atoms with Crippen LogP contribution in [0.3, 0.4) is 0 Å². The number of aromatic nitrogens is 2. The fourth-order valence-corrected chi connectivity index (χ4v) is 2.34. The third kappa shape index (κ3) is 3.86. The van der Waals surface area contributed by atoms with Crippen molar-refractivity contribution in [3.8, 4) is 11.4 Å². The van der Waals surface area contributed by atoms with Crippen LogP contribution in [0.2, 0.25) is 0 Å². The lowest BCUT2D eigenvalue weighted by atomic mass is 10.1. The molecule has 0 bridgehead atoms. The van der Waals surface area contributed by atoms with E-state index in [1.807, 2.05) is 0 Å². The molecule has 2 aromatic carbocycles. The molecule has 0 aliphatic heterocycles. The first-order valence-corrected chi connectivity index (χ1v) is 7.43. The molecule has 0 fully saturated rings. The normalized spacial score (nSPS) is 10.7. The fraction of sp³-hybridized carbons (Fsp3) is 0.125. The van der Waals surface area contributed by atoms with E-state index >= 15 is 0 Å². The minimum Gasteiger partial charge on any atom is -0.339 e. The molecule has 3 rings (SSSR count). The van der Waals surface area contributed by atoms with Crippen molar-refractivity contribution < 1.29 is 18.8 Å². The van der Waals surface area contributed by atoms with E-state index in [4.69, 9.17) is 4.52 Å². The van der Waals surface area contributed by atoms with Crippen molar-refractivity contribution in [3.63, 3.8) is 0 Å². The molecule has 0 N–H and O–H groups in total. The first-order valence-electron chi connectivity index (χ1n) is 7.43. The summed E-state index contributed by atoms with van der Waals surface area (Å²) in [4.78, 5) is 24.6. The Labute approximate surface area is 145 Å². The minimum atomic E-state index is -0.685. The number of halogens is 1. The second kappa shape index (κ2) is 7.05. The van der Waals surface area contributed by atoms with Crippen molar-refractivity contribution in [1.29, 1.82) is 0 Å². The van der Waals surface area contributed by atoms with Gasteiger partial charge in [0.2, 0.25) is 11.7 Å². The van der Waals surface area contributed by atoms with Crippen LogP contribution in [-0.4, -0.2) is 20.0 Å².